The molecule has 4 aromatic carbocycles. The summed E-state index contributed by atoms with van der Waals surface area (Å²) in [6.45, 7) is 5.28. The summed E-state index contributed by atoms with van der Waals surface area (Å²) in [5, 5.41) is 8.68. The fourth-order valence-corrected chi connectivity index (χ4v) is 9.00. The fourth-order valence-electron chi connectivity index (χ4n) is 9.00. The molecular formula is C95H59N7O7. The third-order valence-electron chi connectivity index (χ3n) is 13.6. The summed E-state index contributed by atoms with van der Waals surface area (Å²) in [6, 6.07) is 28.5. The van der Waals surface area contributed by atoms with E-state index < -0.39 is 11.8 Å². The lowest BCUT2D eigenvalue weighted by molar-refractivity contribution is 0.0992. The summed E-state index contributed by atoms with van der Waals surface area (Å²) in [4.78, 5) is 35.0. The van der Waals surface area contributed by atoms with Gasteiger partial charge in [-0.15, -0.1) is 10.2 Å². The maximum atomic E-state index is 11.2. The van der Waals surface area contributed by atoms with Crippen LogP contribution in [0, 0.1) is 272 Å². The van der Waals surface area contributed by atoms with Gasteiger partial charge in [-0.2, -0.15) is 0 Å². The molecule has 0 radical (unpaired) electrons. The predicted octanol–water partition coefficient (Wildman–Crippen LogP) is 9.24. The molecule has 6 aromatic rings. The van der Waals surface area contributed by atoms with Crippen LogP contribution >= 0.6 is 0 Å². The Kier molecular flexibility index (Phi) is 39.4. The molecule has 1 saturated heterocycles. The first kappa shape index (κ1) is 82.6. The summed E-state index contributed by atoms with van der Waals surface area (Å²) >= 11 is 0. The highest BCUT2D eigenvalue weighted by atomic mass is 16.5. The number of methoxy groups -OCH3 is 2. The van der Waals surface area contributed by atoms with Gasteiger partial charge < -0.3 is 30.4 Å². The zero-order valence-electron chi connectivity index (χ0n) is 60.0. The maximum absolute atomic E-state index is 11.2. The molecule has 8 rings (SSSR count). The summed E-state index contributed by atoms with van der Waals surface area (Å²) in [7, 11) is 7.23. The van der Waals surface area contributed by atoms with Gasteiger partial charge in [-0.05, 0) is 237 Å². The number of carbonyl (C=O) groups excluding carboxylic acids is 3. The highest BCUT2D eigenvalue weighted by Gasteiger charge is 2.30. The van der Waals surface area contributed by atoms with E-state index in [0.717, 1.165) is 49.4 Å². The fraction of sp³-hybridized carbons (Fsp3) is 0.168. The van der Waals surface area contributed by atoms with Crippen LogP contribution in [0.25, 0.3) is 0 Å². The minimum Gasteiger partial charge on any atom is -0.480 e. The van der Waals surface area contributed by atoms with Crippen molar-refractivity contribution in [1.82, 2.24) is 24.5 Å². The first-order valence-electron chi connectivity index (χ1n) is 32.5. The Labute approximate surface area is 639 Å². The van der Waals surface area contributed by atoms with Crippen molar-refractivity contribution in [1.29, 1.82) is 0 Å². The number of aryl methyl sites for hydroxylation is 2. The Hall–Kier alpha value is -17.1. The van der Waals surface area contributed by atoms with Crippen molar-refractivity contribution in [2.45, 2.75) is 70.9 Å². The highest BCUT2D eigenvalue weighted by Crippen LogP contribution is 2.39. The third kappa shape index (κ3) is 35.2. The van der Waals surface area contributed by atoms with Gasteiger partial charge in [0.15, 0.2) is 0 Å². The number of hydrogen-bond donors (Lipinski definition) is 2. The van der Waals surface area contributed by atoms with Gasteiger partial charge >= 0.3 is 0 Å². The predicted molar refractivity (Wildman–Crippen MR) is 422 cm³/mol. The van der Waals surface area contributed by atoms with Crippen LogP contribution in [0.1, 0.15) is 112 Å². The van der Waals surface area contributed by atoms with Crippen LogP contribution in [-0.4, -0.2) is 63.3 Å². The van der Waals surface area contributed by atoms with Crippen LogP contribution < -0.4 is 30.4 Å². The molecule has 2 aromatic heterocycles. The Morgan fingerprint density at radius 1 is 0.394 bits per heavy atom. The molecule has 14 nitrogen and oxygen atoms in total. The Morgan fingerprint density at radius 2 is 0.670 bits per heavy atom. The third-order valence-corrected chi connectivity index (χ3v) is 13.6. The van der Waals surface area contributed by atoms with Gasteiger partial charge in [0.1, 0.15) is 29.3 Å². The molecule has 3 heterocycles. The molecule has 1 atom stereocenters. The monoisotopic (exact) mass is 1410 g/mol. The molecule has 14 heteroatoms. The van der Waals surface area contributed by atoms with Gasteiger partial charge in [0, 0.05) is 227 Å². The second kappa shape index (κ2) is 52.0. The average molecular weight is 1410 g/mol. The molecule has 516 valence electrons. The number of aromatic nitrogens is 4. The van der Waals surface area contributed by atoms with Crippen LogP contribution in [-0.2, 0) is 20.6 Å². The van der Waals surface area contributed by atoms with E-state index in [1.807, 2.05) is 35.6 Å². The van der Waals surface area contributed by atoms with Crippen LogP contribution in [0.2, 0.25) is 0 Å². The minimum atomic E-state index is -0.475. The second-order valence-electron chi connectivity index (χ2n) is 21.0. The van der Waals surface area contributed by atoms with E-state index in [4.69, 9.17) is 30.4 Å². The lowest BCUT2D eigenvalue weighted by atomic mass is 10.0. The van der Waals surface area contributed by atoms with Crippen molar-refractivity contribution in [2.75, 3.05) is 20.8 Å². The Balaban J connectivity index is 0.000000291. The number of primary amides is 2. The average Bonchev–Trinajstić information content (AvgIpc) is 1.67. The van der Waals surface area contributed by atoms with Crippen molar-refractivity contribution >= 4 is 18.1 Å². The molecule has 4 N–H and O–H groups in total. The number of ether oxygens (including phenoxy) is 4. The summed E-state index contributed by atoms with van der Waals surface area (Å²) in [6.07, 6.45) is 12.5. The number of amides is 2. The zero-order chi connectivity index (χ0) is 77.8. The van der Waals surface area contributed by atoms with Gasteiger partial charge in [-0.25, -0.2) is 0 Å². The number of hydrogen-bond acceptors (Lipinski definition) is 10. The first-order chi connectivity index (χ1) is 53.4. The van der Waals surface area contributed by atoms with E-state index in [1.54, 1.807) is 101 Å². The Morgan fingerprint density at radius 3 is 0.954 bits per heavy atom. The summed E-state index contributed by atoms with van der Waals surface area (Å²) in [5.74, 6) is 120. The number of nitrogens with two attached hydrogens (primary N) is 2. The molecule has 2 fully saturated rings. The largest absolute Gasteiger partial charge is 0.480 e. The lowest BCUT2D eigenvalue weighted by Crippen LogP contribution is -2.22. The zero-order valence-corrected chi connectivity index (χ0v) is 60.0. The molecule has 2 aliphatic rings. The van der Waals surface area contributed by atoms with Crippen LogP contribution in [0.3, 0.4) is 0 Å². The number of carbonyl (C=O) groups is 3. The van der Waals surface area contributed by atoms with E-state index in [0.29, 0.717) is 51.8 Å². The quantitative estimate of drug-likeness (QED) is 0.0837. The standard InChI is InChI=1S/C48H6.C23H26N4O3.C14H11NO3.C10H16N2O/c1-3-5-7-9-11-13-15-17-19-21-23-25-27-29-31-33-35-37-39-41-43-45-47-48-46-44-42-40-38-36-34-32-30-28-26-24-22-20-18-16-14-12-10-8-6-4-2;1-26-15-20(23(25-26)29-2)21-4-3-13-27(21)14-16-5-9-18(10-6-16)30-19-11-7-17(8-12-19)22(24)28;15-14(17)11-3-7-13(8-4-11)18-12-5-1-10(9-16)2-6-12;1-12-7-9(10(11-12)13-2)8-5-3-4-6-8/h1-2H3;5-12,15,21H,3-4,13-14H2,1-2H3,(H2,24,28);1-9H,(H2,15,17);7-8H,3-6H2,1-2H3/t;21-;;/m.0../s1. The smallest absolute Gasteiger partial charge is 0.248 e. The van der Waals surface area contributed by atoms with Gasteiger partial charge in [0.2, 0.25) is 23.6 Å². The minimum absolute atomic E-state index is 0.313. The topological polar surface area (TPSA) is 179 Å². The van der Waals surface area contributed by atoms with Gasteiger partial charge in [-0.3, -0.25) is 28.6 Å². The molecule has 1 aliphatic carbocycles. The van der Waals surface area contributed by atoms with E-state index in [1.165, 1.54) is 36.8 Å². The van der Waals surface area contributed by atoms with E-state index >= 15 is 0 Å². The number of aldehydes is 1. The molecule has 0 spiro atoms. The number of nitrogens with zero attached hydrogens (tertiary/aromatic N) is 5. The van der Waals surface area contributed by atoms with Crippen LogP contribution in [0.15, 0.2) is 109 Å². The second-order valence-corrected chi connectivity index (χ2v) is 21.0. The summed E-state index contributed by atoms with van der Waals surface area (Å²) in [5.41, 5.74) is 15.6. The Bertz CT molecular complexity index is 5760. The number of likely N-dealkylation sites (tertiary alicyclic amines) is 1. The highest BCUT2D eigenvalue weighted by molar-refractivity contribution is 5.93. The van der Waals surface area contributed by atoms with Gasteiger partial charge in [0.05, 0.1) is 19.8 Å². The van der Waals surface area contributed by atoms with E-state index in [2.05, 4.69) is 312 Å². The number of rotatable bonds is 13. The van der Waals surface area contributed by atoms with E-state index in [9.17, 15) is 14.4 Å². The maximum Gasteiger partial charge on any atom is 0.248 e. The van der Waals surface area contributed by atoms with Crippen molar-refractivity contribution in [3.05, 3.63) is 143 Å². The molecule has 1 aliphatic heterocycles. The van der Waals surface area contributed by atoms with Crippen molar-refractivity contribution in [3.8, 4) is 307 Å². The molecular weight excluding hydrogens is 1350 g/mol. The van der Waals surface area contributed by atoms with Gasteiger partial charge in [-0.1, -0.05) is 36.8 Å². The molecule has 1 saturated carbocycles. The first-order valence-corrected chi connectivity index (χ1v) is 32.5. The van der Waals surface area contributed by atoms with Crippen LogP contribution in [0.4, 0.5) is 0 Å². The molecule has 2 amide bonds. The molecule has 109 heavy (non-hydrogen) atoms. The molecule has 0 unspecified atom stereocenters. The van der Waals surface area contributed by atoms with Gasteiger partial charge in [0.25, 0.3) is 0 Å². The molecule has 0 bridgehead atoms. The lowest BCUT2D eigenvalue weighted by Gasteiger charge is -2.24. The summed E-state index contributed by atoms with van der Waals surface area (Å²) < 4.78 is 25.8. The van der Waals surface area contributed by atoms with Crippen LogP contribution in [0.5, 0.6) is 34.8 Å². The van der Waals surface area contributed by atoms with Crippen molar-refractivity contribution < 1.29 is 33.3 Å². The van der Waals surface area contributed by atoms with Crippen molar-refractivity contribution in [3.63, 3.8) is 0 Å². The number of benzene rings is 4. The SMILES string of the molecule is CC#CC#CC#CC#CC#CC#CC#CC#CC#CC#CC#CC#CC#CC#CC#CC#CC#CC#CC#CC#CC#CC#CC#CC.COc1nn(C)cc1C1CCCC1.COc1nn(C)cc1[C@@H]1CCCN1Cc1ccc(Oc2ccc(C(N)=O)cc2)cc1.NC(=O)c1ccc(Oc2ccc(C=O)cc2)cc1. The van der Waals surface area contributed by atoms with E-state index in [-0.39, 0.29) is 0 Å². The normalized spacial score (nSPS) is 10.1. The van der Waals surface area contributed by atoms with Crippen molar-refractivity contribution in [2.24, 2.45) is 25.6 Å².